The smallest absolute Gasteiger partial charge is 0.169 e. The molecule has 0 fully saturated rings. The van der Waals surface area contributed by atoms with E-state index in [-0.39, 0.29) is 12.4 Å². The van der Waals surface area contributed by atoms with Crippen molar-refractivity contribution in [1.82, 2.24) is 0 Å². The second-order valence-corrected chi connectivity index (χ2v) is 3.14. The quantitative estimate of drug-likeness (QED) is 0.633. The monoisotopic (exact) mass is 248 g/mol. The summed E-state index contributed by atoms with van der Waals surface area (Å²) in [5.74, 6) is 0.722. The Morgan fingerprint density at radius 3 is 2.62 bits per heavy atom. The molecule has 0 aromatic heterocycles. The minimum atomic E-state index is -0.159. The third-order valence-electron chi connectivity index (χ3n) is 1.58. The zero-order valence-electron chi connectivity index (χ0n) is 6.95. The molecule has 0 aliphatic carbocycles. The Bertz CT molecular complexity index is 275. The second kappa shape index (κ2) is 4.45. The number of halogens is 1. The lowest BCUT2D eigenvalue weighted by Crippen LogP contribution is -1.93. The molecule has 1 aromatic rings. The van der Waals surface area contributed by atoms with Gasteiger partial charge in [-0.15, -0.1) is 0 Å². The zero-order valence-corrected chi connectivity index (χ0v) is 8.54. The lowest BCUT2D eigenvalue weighted by Gasteiger charge is -2.08. The van der Waals surface area contributed by atoms with Crippen LogP contribution < -0.4 is 9.62 Å². The summed E-state index contributed by atoms with van der Waals surface area (Å²) in [6, 6.07) is 3.01. The molecule has 2 N–H and O–H groups in total. The highest BCUT2D eigenvalue weighted by Gasteiger charge is 2.09. The zero-order chi connectivity index (χ0) is 9.84. The summed E-state index contributed by atoms with van der Waals surface area (Å²) in [7, 11) is 1.49. The number of ether oxygens (including phenoxy) is 1. The Kier molecular flexibility index (Phi) is 3.53. The Labute approximate surface area is 83.8 Å². The highest BCUT2D eigenvalue weighted by molar-refractivity contribution is 9.10. The molecule has 0 heterocycles. The van der Waals surface area contributed by atoms with E-state index in [0.29, 0.717) is 15.8 Å². The molecule has 0 aliphatic heterocycles. The Balaban J connectivity index is 3.20. The molecule has 0 spiro atoms. The normalized spacial score (nSPS) is 9.85. The van der Waals surface area contributed by atoms with Crippen molar-refractivity contribution >= 4 is 15.9 Å². The van der Waals surface area contributed by atoms with Gasteiger partial charge in [-0.3, -0.25) is 0 Å². The van der Waals surface area contributed by atoms with E-state index >= 15 is 0 Å². The van der Waals surface area contributed by atoms with Crippen molar-refractivity contribution in [2.24, 2.45) is 0 Å². The lowest BCUT2D eigenvalue weighted by atomic mass is 10.2. The molecule has 0 unspecified atom stereocenters. The van der Waals surface area contributed by atoms with Gasteiger partial charge in [-0.05, 0) is 27.6 Å². The van der Waals surface area contributed by atoms with Crippen LogP contribution in [0, 0.1) is 0 Å². The van der Waals surface area contributed by atoms with Crippen LogP contribution in [0.5, 0.6) is 11.5 Å². The molecule has 1 aromatic carbocycles. The van der Waals surface area contributed by atoms with Gasteiger partial charge >= 0.3 is 0 Å². The van der Waals surface area contributed by atoms with Crippen molar-refractivity contribution in [3.63, 3.8) is 0 Å². The fourth-order valence-electron chi connectivity index (χ4n) is 0.944. The SMILES string of the molecule is COc1cc(OO)cc(CO)c1Br. The van der Waals surface area contributed by atoms with E-state index in [1.165, 1.54) is 19.2 Å². The lowest BCUT2D eigenvalue weighted by molar-refractivity contribution is -0.137. The van der Waals surface area contributed by atoms with Crippen LogP contribution in [0.15, 0.2) is 16.6 Å². The first kappa shape index (κ1) is 10.3. The molecule has 4 nitrogen and oxygen atoms in total. The average Bonchev–Trinajstić information content (AvgIpc) is 2.18. The number of benzene rings is 1. The summed E-state index contributed by atoms with van der Waals surface area (Å²) in [4.78, 5) is 4.04. The van der Waals surface area contributed by atoms with Crippen LogP contribution in [0.3, 0.4) is 0 Å². The van der Waals surface area contributed by atoms with Crippen molar-refractivity contribution in [1.29, 1.82) is 0 Å². The number of hydrogen-bond acceptors (Lipinski definition) is 4. The van der Waals surface area contributed by atoms with Gasteiger partial charge in [0.2, 0.25) is 0 Å². The first-order valence-electron chi connectivity index (χ1n) is 3.51. The molecular weight excluding hydrogens is 240 g/mol. The molecule has 1 rings (SSSR count). The molecule has 5 heteroatoms. The van der Waals surface area contributed by atoms with Crippen LogP contribution in [0.4, 0.5) is 0 Å². The van der Waals surface area contributed by atoms with Crippen LogP contribution in [0.1, 0.15) is 5.56 Å². The first-order chi connectivity index (χ1) is 6.22. The number of hydrogen-bond donors (Lipinski definition) is 2. The van der Waals surface area contributed by atoms with Crippen LogP contribution in [0.2, 0.25) is 0 Å². The molecule has 0 radical (unpaired) electrons. The summed E-state index contributed by atoms with van der Waals surface area (Å²) in [6.07, 6.45) is 0. The van der Waals surface area contributed by atoms with E-state index in [0.717, 1.165) is 0 Å². The summed E-state index contributed by atoms with van der Waals surface area (Å²) in [5, 5.41) is 17.4. The third kappa shape index (κ3) is 2.12. The average molecular weight is 249 g/mol. The maximum Gasteiger partial charge on any atom is 0.169 e. The molecule has 0 saturated heterocycles. The van der Waals surface area contributed by atoms with Crippen molar-refractivity contribution in [3.8, 4) is 11.5 Å². The maximum absolute atomic E-state index is 8.94. The molecule has 0 atom stereocenters. The van der Waals surface area contributed by atoms with E-state index < -0.39 is 0 Å². The summed E-state index contributed by atoms with van der Waals surface area (Å²) in [5.41, 5.74) is 0.586. The highest BCUT2D eigenvalue weighted by Crippen LogP contribution is 2.33. The van der Waals surface area contributed by atoms with E-state index in [1.807, 2.05) is 0 Å². The molecule has 72 valence electrons. The van der Waals surface area contributed by atoms with Crippen molar-refractivity contribution in [2.45, 2.75) is 6.61 Å². The van der Waals surface area contributed by atoms with Crippen LogP contribution in [-0.2, 0) is 6.61 Å². The second-order valence-electron chi connectivity index (χ2n) is 2.35. The van der Waals surface area contributed by atoms with Crippen LogP contribution in [0.25, 0.3) is 0 Å². The molecule has 0 amide bonds. The minimum Gasteiger partial charge on any atom is -0.495 e. The predicted molar refractivity (Wildman–Crippen MR) is 49.9 cm³/mol. The Hall–Kier alpha value is -0.780. The number of methoxy groups -OCH3 is 1. The van der Waals surface area contributed by atoms with Crippen molar-refractivity contribution < 1.29 is 20.0 Å². The van der Waals surface area contributed by atoms with Crippen molar-refractivity contribution in [2.75, 3.05) is 7.11 Å². The molecular formula is C8H9BrO4. The summed E-state index contributed by atoms with van der Waals surface area (Å²) >= 11 is 3.24. The topological polar surface area (TPSA) is 58.9 Å². The van der Waals surface area contributed by atoms with E-state index in [1.54, 1.807) is 0 Å². The van der Waals surface area contributed by atoms with Gasteiger partial charge in [0.15, 0.2) is 5.75 Å². The van der Waals surface area contributed by atoms with Gasteiger partial charge in [0.1, 0.15) is 5.75 Å². The van der Waals surface area contributed by atoms with Crippen molar-refractivity contribution in [3.05, 3.63) is 22.2 Å². The summed E-state index contributed by atoms with van der Waals surface area (Å²) < 4.78 is 5.63. The van der Waals surface area contributed by atoms with E-state index in [4.69, 9.17) is 15.1 Å². The van der Waals surface area contributed by atoms with Gasteiger partial charge in [0.05, 0.1) is 18.2 Å². The predicted octanol–water partition coefficient (Wildman–Crippen LogP) is 1.80. The van der Waals surface area contributed by atoms with Crippen LogP contribution in [-0.4, -0.2) is 17.5 Å². The minimum absolute atomic E-state index is 0.159. The van der Waals surface area contributed by atoms with E-state index in [2.05, 4.69) is 20.8 Å². The molecule has 13 heavy (non-hydrogen) atoms. The summed E-state index contributed by atoms with van der Waals surface area (Å²) in [6.45, 7) is -0.159. The number of aliphatic hydroxyl groups is 1. The maximum atomic E-state index is 8.94. The largest absolute Gasteiger partial charge is 0.495 e. The molecule has 0 bridgehead atoms. The van der Waals surface area contributed by atoms with Gasteiger partial charge in [-0.25, -0.2) is 5.26 Å². The fourth-order valence-corrected chi connectivity index (χ4v) is 1.46. The number of aliphatic hydroxyl groups excluding tert-OH is 1. The van der Waals surface area contributed by atoms with Gasteiger partial charge in [-0.2, -0.15) is 0 Å². The third-order valence-corrected chi connectivity index (χ3v) is 2.48. The van der Waals surface area contributed by atoms with Crippen LogP contribution >= 0.6 is 15.9 Å². The van der Waals surface area contributed by atoms with E-state index in [9.17, 15) is 0 Å². The molecule has 0 aliphatic rings. The Morgan fingerprint density at radius 2 is 2.15 bits per heavy atom. The van der Waals surface area contributed by atoms with Gasteiger partial charge in [-0.1, -0.05) is 0 Å². The Morgan fingerprint density at radius 1 is 1.46 bits per heavy atom. The first-order valence-corrected chi connectivity index (χ1v) is 4.31. The van der Waals surface area contributed by atoms with Gasteiger partial charge in [0.25, 0.3) is 0 Å². The standard InChI is InChI=1S/C8H9BrO4/c1-12-7-3-6(13-11)2-5(4-10)8(7)9/h2-3,10-11H,4H2,1H3. The van der Waals surface area contributed by atoms with Gasteiger partial charge < -0.3 is 14.7 Å². The molecule has 0 saturated carbocycles. The number of rotatable bonds is 3. The fraction of sp³-hybridized carbons (Fsp3) is 0.250. The highest BCUT2D eigenvalue weighted by atomic mass is 79.9. The van der Waals surface area contributed by atoms with Gasteiger partial charge in [0, 0.05) is 6.07 Å².